The first kappa shape index (κ1) is 15.3. The monoisotopic (exact) mass is 318 g/mol. The van der Waals surface area contributed by atoms with Crippen LogP contribution >= 0.6 is 11.6 Å². The minimum Gasteiger partial charge on any atom is -0.289 e. The third-order valence-corrected chi connectivity index (χ3v) is 3.93. The molecule has 2 heteroatoms. The van der Waals surface area contributed by atoms with Crippen LogP contribution in [0.1, 0.15) is 15.9 Å². The number of carbonyl (C=O) groups excluding carboxylic acids is 1. The first-order valence-electron chi connectivity index (χ1n) is 7.37. The maximum atomic E-state index is 12.2. The normalized spacial score (nSPS) is 10.8. The third kappa shape index (κ3) is 3.58. The van der Waals surface area contributed by atoms with Crippen LogP contribution in [0.2, 0.25) is 5.02 Å². The number of halogens is 1. The average molecular weight is 319 g/mol. The summed E-state index contributed by atoms with van der Waals surface area (Å²) >= 11 is 6.30. The quantitative estimate of drug-likeness (QED) is 0.432. The molecule has 0 aliphatic heterocycles. The second-order valence-corrected chi connectivity index (χ2v) is 5.54. The van der Waals surface area contributed by atoms with Gasteiger partial charge in [0.25, 0.3) is 0 Å². The molecular formula is C21H15ClO. The van der Waals surface area contributed by atoms with Gasteiger partial charge in [-0.15, -0.1) is 0 Å². The average Bonchev–Trinajstić information content (AvgIpc) is 2.61. The smallest absolute Gasteiger partial charge is 0.185 e. The Morgan fingerprint density at radius 3 is 2.09 bits per heavy atom. The van der Waals surface area contributed by atoms with Crippen molar-refractivity contribution >= 4 is 23.5 Å². The second-order valence-electron chi connectivity index (χ2n) is 5.13. The van der Waals surface area contributed by atoms with E-state index in [9.17, 15) is 4.79 Å². The van der Waals surface area contributed by atoms with Crippen LogP contribution in [0.15, 0.2) is 84.9 Å². The predicted octanol–water partition coefficient (Wildman–Crippen LogP) is 5.90. The van der Waals surface area contributed by atoms with E-state index in [2.05, 4.69) is 0 Å². The van der Waals surface area contributed by atoms with Gasteiger partial charge in [0, 0.05) is 16.1 Å². The maximum absolute atomic E-state index is 12.2. The van der Waals surface area contributed by atoms with Crippen LogP contribution in [0, 0.1) is 0 Å². The van der Waals surface area contributed by atoms with Crippen molar-refractivity contribution in [2.24, 2.45) is 0 Å². The highest BCUT2D eigenvalue weighted by atomic mass is 35.5. The lowest BCUT2D eigenvalue weighted by Crippen LogP contribution is -1.93. The summed E-state index contributed by atoms with van der Waals surface area (Å²) in [6, 6.07) is 24.9. The molecule has 0 aromatic heterocycles. The molecule has 0 amide bonds. The van der Waals surface area contributed by atoms with Crippen LogP contribution < -0.4 is 0 Å². The number of rotatable bonds is 4. The van der Waals surface area contributed by atoms with Gasteiger partial charge in [-0.1, -0.05) is 90.5 Å². The van der Waals surface area contributed by atoms with Crippen molar-refractivity contribution in [3.8, 4) is 11.1 Å². The van der Waals surface area contributed by atoms with Gasteiger partial charge in [0.15, 0.2) is 5.78 Å². The molecule has 0 heterocycles. The fourth-order valence-electron chi connectivity index (χ4n) is 2.43. The number of carbonyl (C=O) groups is 1. The molecule has 0 fully saturated rings. The van der Waals surface area contributed by atoms with E-state index >= 15 is 0 Å². The molecule has 23 heavy (non-hydrogen) atoms. The molecule has 3 aromatic rings. The van der Waals surface area contributed by atoms with Crippen molar-refractivity contribution < 1.29 is 4.79 Å². The van der Waals surface area contributed by atoms with Crippen molar-refractivity contribution in [3.05, 3.63) is 101 Å². The van der Waals surface area contributed by atoms with Crippen molar-refractivity contribution in [3.63, 3.8) is 0 Å². The minimum absolute atomic E-state index is 0.0143. The van der Waals surface area contributed by atoms with Crippen LogP contribution in [-0.4, -0.2) is 5.78 Å². The van der Waals surface area contributed by atoms with E-state index in [0.29, 0.717) is 10.6 Å². The summed E-state index contributed by atoms with van der Waals surface area (Å²) in [5.41, 5.74) is 3.61. The lowest BCUT2D eigenvalue weighted by molar-refractivity contribution is 0.104. The van der Waals surface area contributed by atoms with Crippen LogP contribution in [0.4, 0.5) is 0 Å². The van der Waals surface area contributed by atoms with Gasteiger partial charge in [0.2, 0.25) is 0 Å². The molecule has 0 aliphatic carbocycles. The molecule has 0 radical (unpaired) electrons. The predicted molar refractivity (Wildman–Crippen MR) is 96.7 cm³/mol. The van der Waals surface area contributed by atoms with Gasteiger partial charge in [-0.05, 0) is 23.3 Å². The number of allylic oxidation sites excluding steroid dienone is 1. The Morgan fingerprint density at radius 1 is 0.739 bits per heavy atom. The summed E-state index contributed by atoms with van der Waals surface area (Å²) in [7, 11) is 0. The number of hydrogen-bond acceptors (Lipinski definition) is 1. The van der Waals surface area contributed by atoms with Crippen LogP contribution in [-0.2, 0) is 0 Å². The molecule has 0 bridgehead atoms. The number of benzene rings is 3. The molecule has 0 aliphatic rings. The first-order valence-corrected chi connectivity index (χ1v) is 7.75. The van der Waals surface area contributed by atoms with E-state index in [4.69, 9.17) is 11.6 Å². The summed E-state index contributed by atoms with van der Waals surface area (Å²) in [5.74, 6) is -0.0143. The zero-order valence-electron chi connectivity index (χ0n) is 12.4. The van der Waals surface area contributed by atoms with Gasteiger partial charge < -0.3 is 0 Å². The highest BCUT2D eigenvalue weighted by molar-refractivity contribution is 6.33. The fourth-order valence-corrected chi connectivity index (χ4v) is 2.67. The summed E-state index contributed by atoms with van der Waals surface area (Å²) in [4.78, 5) is 12.2. The largest absolute Gasteiger partial charge is 0.289 e. The maximum Gasteiger partial charge on any atom is 0.185 e. The molecular weight excluding hydrogens is 304 g/mol. The van der Waals surface area contributed by atoms with Gasteiger partial charge >= 0.3 is 0 Å². The fraction of sp³-hybridized carbons (Fsp3) is 0. The van der Waals surface area contributed by atoms with E-state index in [-0.39, 0.29) is 5.78 Å². The third-order valence-electron chi connectivity index (χ3n) is 3.60. The molecule has 0 N–H and O–H groups in total. The van der Waals surface area contributed by atoms with Crippen LogP contribution in [0.25, 0.3) is 17.2 Å². The SMILES string of the molecule is O=C(C=Cc1ccccc1-c1ccccc1Cl)c1ccccc1. The van der Waals surface area contributed by atoms with Crippen molar-refractivity contribution in [1.29, 1.82) is 0 Å². The minimum atomic E-state index is -0.0143. The van der Waals surface area contributed by atoms with Crippen LogP contribution in [0.5, 0.6) is 0 Å². The Balaban J connectivity index is 1.94. The van der Waals surface area contributed by atoms with Gasteiger partial charge in [0.1, 0.15) is 0 Å². The number of hydrogen-bond donors (Lipinski definition) is 0. The highest BCUT2D eigenvalue weighted by Gasteiger charge is 2.06. The Hall–Kier alpha value is -2.64. The molecule has 0 unspecified atom stereocenters. The summed E-state index contributed by atoms with van der Waals surface area (Å²) in [5, 5.41) is 0.697. The molecule has 0 saturated carbocycles. The van der Waals surface area contributed by atoms with E-state index in [0.717, 1.165) is 16.7 Å². The van der Waals surface area contributed by atoms with E-state index in [1.165, 1.54) is 0 Å². The van der Waals surface area contributed by atoms with Gasteiger partial charge in [0.05, 0.1) is 0 Å². The lowest BCUT2D eigenvalue weighted by Gasteiger charge is -2.08. The Bertz CT molecular complexity index is 850. The Kier molecular flexibility index (Phi) is 4.70. The Labute approximate surface area is 140 Å². The molecule has 112 valence electrons. The molecule has 0 spiro atoms. The molecule has 3 rings (SSSR count). The van der Waals surface area contributed by atoms with Gasteiger partial charge in [-0.2, -0.15) is 0 Å². The first-order chi connectivity index (χ1) is 11.3. The molecule has 1 nitrogen and oxygen atoms in total. The summed E-state index contributed by atoms with van der Waals surface area (Å²) < 4.78 is 0. The topological polar surface area (TPSA) is 17.1 Å². The van der Waals surface area contributed by atoms with E-state index in [1.54, 1.807) is 6.08 Å². The molecule has 3 aromatic carbocycles. The highest BCUT2D eigenvalue weighted by Crippen LogP contribution is 2.30. The molecule has 0 atom stereocenters. The van der Waals surface area contributed by atoms with Crippen molar-refractivity contribution in [2.45, 2.75) is 0 Å². The summed E-state index contributed by atoms with van der Waals surface area (Å²) in [6.07, 6.45) is 3.44. The van der Waals surface area contributed by atoms with Crippen molar-refractivity contribution in [1.82, 2.24) is 0 Å². The Morgan fingerprint density at radius 2 is 1.35 bits per heavy atom. The zero-order valence-corrected chi connectivity index (χ0v) is 13.2. The van der Waals surface area contributed by atoms with E-state index < -0.39 is 0 Å². The van der Waals surface area contributed by atoms with Gasteiger partial charge in [-0.25, -0.2) is 0 Å². The summed E-state index contributed by atoms with van der Waals surface area (Å²) in [6.45, 7) is 0. The zero-order chi connectivity index (χ0) is 16.1. The van der Waals surface area contributed by atoms with Gasteiger partial charge in [-0.3, -0.25) is 4.79 Å². The second kappa shape index (κ2) is 7.08. The van der Waals surface area contributed by atoms with Crippen LogP contribution in [0.3, 0.4) is 0 Å². The number of ketones is 1. The lowest BCUT2D eigenvalue weighted by atomic mass is 9.98. The van der Waals surface area contributed by atoms with E-state index in [1.807, 2.05) is 84.9 Å². The molecule has 0 saturated heterocycles. The standard InChI is InChI=1S/C21H15ClO/c22-20-13-7-6-12-19(20)18-11-5-4-8-16(18)14-15-21(23)17-9-2-1-3-10-17/h1-15H. The van der Waals surface area contributed by atoms with Crippen molar-refractivity contribution in [2.75, 3.05) is 0 Å².